The standard InChI is InChI=1S/C26H18BrNO3/c1-14(29)15-10-12-16(13-11-15)28-24(30)22-21-17-6-2-4-8-19(17)26(27,23(22)25(28)31)20-9-5-3-7-18(20)21/h2-13,21-23H,1H3/t21?,22-,23-,26?/m0/s1. The Morgan fingerprint density at radius 3 is 1.94 bits per heavy atom. The molecule has 1 aliphatic heterocycles. The molecule has 3 aromatic carbocycles. The number of hydrogen-bond donors (Lipinski definition) is 0. The van der Waals surface area contributed by atoms with Gasteiger partial charge in [-0.1, -0.05) is 64.5 Å². The first-order valence-electron chi connectivity index (χ1n) is 10.3. The molecule has 0 radical (unpaired) electrons. The summed E-state index contributed by atoms with van der Waals surface area (Å²) in [5, 5.41) is 0. The summed E-state index contributed by atoms with van der Waals surface area (Å²) in [6.45, 7) is 1.50. The van der Waals surface area contributed by atoms with Gasteiger partial charge in [0.2, 0.25) is 11.8 Å². The van der Waals surface area contributed by atoms with Gasteiger partial charge in [0.25, 0.3) is 0 Å². The maximum atomic E-state index is 13.8. The van der Waals surface area contributed by atoms with Crippen LogP contribution in [0.5, 0.6) is 0 Å². The van der Waals surface area contributed by atoms with Gasteiger partial charge in [0.15, 0.2) is 5.78 Å². The number of carbonyl (C=O) groups excluding carboxylic acids is 3. The maximum Gasteiger partial charge on any atom is 0.239 e. The predicted octanol–water partition coefficient (Wildman–Crippen LogP) is 4.79. The van der Waals surface area contributed by atoms with Crippen LogP contribution in [0.3, 0.4) is 0 Å². The highest BCUT2D eigenvalue weighted by molar-refractivity contribution is 9.09. The van der Waals surface area contributed by atoms with Crippen LogP contribution in [-0.4, -0.2) is 17.6 Å². The van der Waals surface area contributed by atoms with Crippen molar-refractivity contribution < 1.29 is 14.4 Å². The van der Waals surface area contributed by atoms with Gasteiger partial charge in [-0.3, -0.25) is 14.4 Å². The lowest BCUT2D eigenvalue weighted by atomic mass is 9.55. The predicted molar refractivity (Wildman–Crippen MR) is 120 cm³/mol. The van der Waals surface area contributed by atoms with Crippen LogP contribution >= 0.6 is 15.9 Å². The summed E-state index contributed by atoms with van der Waals surface area (Å²) in [6, 6.07) is 22.9. The number of carbonyl (C=O) groups is 3. The molecule has 31 heavy (non-hydrogen) atoms. The van der Waals surface area contributed by atoms with Crippen LogP contribution in [0.15, 0.2) is 72.8 Å². The van der Waals surface area contributed by atoms with Crippen molar-refractivity contribution in [3.05, 3.63) is 101 Å². The molecule has 0 saturated carbocycles. The second-order valence-electron chi connectivity index (χ2n) is 8.48. The molecular formula is C26H18BrNO3. The molecule has 0 unspecified atom stereocenters. The zero-order valence-corrected chi connectivity index (χ0v) is 18.3. The van der Waals surface area contributed by atoms with Crippen LogP contribution in [0.1, 0.15) is 45.5 Å². The van der Waals surface area contributed by atoms with Crippen LogP contribution in [0.25, 0.3) is 0 Å². The summed E-state index contributed by atoms with van der Waals surface area (Å²) < 4.78 is -0.750. The van der Waals surface area contributed by atoms with Gasteiger partial charge in [-0.25, -0.2) is 4.90 Å². The number of halogens is 1. The molecule has 3 aliphatic carbocycles. The monoisotopic (exact) mass is 471 g/mol. The maximum absolute atomic E-state index is 13.8. The number of benzene rings is 3. The van der Waals surface area contributed by atoms with Crippen molar-refractivity contribution in [1.82, 2.24) is 0 Å². The molecule has 0 spiro atoms. The Kier molecular flexibility index (Phi) is 3.76. The van der Waals surface area contributed by atoms with Crippen LogP contribution in [0.4, 0.5) is 5.69 Å². The number of hydrogen-bond acceptors (Lipinski definition) is 3. The Morgan fingerprint density at radius 2 is 1.39 bits per heavy atom. The first kappa shape index (κ1) is 18.7. The second-order valence-corrected chi connectivity index (χ2v) is 9.73. The lowest BCUT2D eigenvalue weighted by Gasteiger charge is -2.51. The van der Waals surface area contributed by atoms with E-state index in [9.17, 15) is 14.4 Å². The fourth-order valence-electron chi connectivity index (χ4n) is 5.78. The van der Waals surface area contributed by atoms with Crippen LogP contribution in [-0.2, 0) is 13.9 Å². The smallest absolute Gasteiger partial charge is 0.239 e. The van der Waals surface area contributed by atoms with E-state index in [1.54, 1.807) is 24.3 Å². The second kappa shape index (κ2) is 6.24. The highest BCUT2D eigenvalue weighted by atomic mass is 79.9. The molecule has 152 valence electrons. The number of amides is 2. The van der Waals surface area contributed by atoms with Crippen molar-refractivity contribution in [2.24, 2.45) is 11.8 Å². The van der Waals surface area contributed by atoms with E-state index in [1.165, 1.54) is 11.8 Å². The first-order chi connectivity index (χ1) is 14.9. The number of Topliss-reactive ketones (excluding diaryl/α,β-unsaturated/α-hetero) is 1. The average Bonchev–Trinajstić information content (AvgIpc) is 3.06. The fourth-order valence-corrected chi connectivity index (χ4v) is 6.98. The molecule has 1 heterocycles. The first-order valence-corrected chi connectivity index (χ1v) is 11.1. The molecule has 0 N–H and O–H groups in total. The number of rotatable bonds is 2. The topological polar surface area (TPSA) is 54.5 Å². The van der Waals surface area contributed by atoms with E-state index in [0.29, 0.717) is 11.3 Å². The Hall–Kier alpha value is -3.05. The molecule has 2 bridgehead atoms. The van der Waals surface area contributed by atoms with Crippen molar-refractivity contribution in [3.63, 3.8) is 0 Å². The Balaban J connectivity index is 1.55. The molecule has 2 amide bonds. The molecule has 4 aliphatic rings. The Morgan fingerprint density at radius 1 is 0.839 bits per heavy atom. The van der Waals surface area contributed by atoms with E-state index < -0.39 is 16.2 Å². The highest BCUT2D eigenvalue weighted by Gasteiger charge is 2.67. The molecule has 4 nitrogen and oxygen atoms in total. The van der Waals surface area contributed by atoms with Gasteiger partial charge in [-0.05, 0) is 53.4 Å². The van der Waals surface area contributed by atoms with E-state index in [2.05, 4.69) is 40.2 Å². The van der Waals surface area contributed by atoms with Crippen LogP contribution in [0, 0.1) is 11.8 Å². The summed E-state index contributed by atoms with van der Waals surface area (Å²) in [5.41, 5.74) is 5.41. The van der Waals surface area contributed by atoms with Gasteiger partial charge >= 0.3 is 0 Å². The minimum absolute atomic E-state index is 0.0531. The molecule has 7 rings (SSSR count). The molecule has 2 atom stereocenters. The lowest BCUT2D eigenvalue weighted by Crippen LogP contribution is -2.50. The van der Waals surface area contributed by atoms with Crippen molar-refractivity contribution >= 4 is 39.2 Å². The number of anilines is 1. The Labute approximate surface area is 188 Å². The average molecular weight is 472 g/mol. The minimum Gasteiger partial charge on any atom is -0.295 e. The number of ketones is 1. The third-order valence-electron chi connectivity index (χ3n) is 7.05. The SMILES string of the molecule is CC(=O)c1ccc(N2C(=O)[C@@H]3[C@@H](C2=O)C2c4ccccc4C3(Br)c3ccccc32)cc1. The summed E-state index contributed by atoms with van der Waals surface area (Å²) in [4.78, 5) is 40.5. The summed E-state index contributed by atoms with van der Waals surface area (Å²) >= 11 is 3.99. The van der Waals surface area contributed by atoms with Crippen molar-refractivity contribution in [2.45, 2.75) is 17.2 Å². The zero-order valence-electron chi connectivity index (χ0n) is 16.7. The Bertz CT molecular complexity index is 1250. The normalized spacial score (nSPS) is 27.7. The lowest BCUT2D eigenvalue weighted by molar-refractivity contribution is -0.122. The van der Waals surface area contributed by atoms with Gasteiger partial charge in [-0.15, -0.1) is 0 Å². The minimum atomic E-state index is -0.750. The quantitative estimate of drug-likeness (QED) is 0.306. The largest absolute Gasteiger partial charge is 0.295 e. The summed E-state index contributed by atoms with van der Waals surface area (Å²) in [5.74, 6) is -1.58. The van der Waals surface area contributed by atoms with E-state index in [1.807, 2.05) is 24.3 Å². The van der Waals surface area contributed by atoms with Crippen molar-refractivity contribution in [1.29, 1.82) is 0 Å². The molecule has 0 aromatic heterocycles. The zero-order chi connectivity index (χ0) is 21.5. The van der Waals surface area contributed by atoms with Gasteiger partial charge in [0.05, 0.1) is 21.8 Å². The van der Waals surface area contributed by atoms with Gasteiger partial charge in [0.1, 0.15) is 0 Å². The molecule has 5 heteroatoms. The molecule has 1 fully saturated rings. The summed E-state index contributed by atoms with van der Waals surface area (Å²) in [6.07, 6.45) is 0. The highest BCUT2D eigenvalue weighted by Crippen LogP contribution is 2.66. The van der Waals surface area contributed by atoms with Crippen molar-refractivity contribution in [2.75, 3.05) is 4.90 Å². The van der Waals surface area contributed by atoms with E-state index >= 15 is 0 Å². The third kappa shape index (κ3) is 2.22. The number of imide groups is 1. The van der Waals surface area contributed by atoms with E-state index in [0.717, 1.165) is 22.3 Å². The van der Waals surface area contributed by atoms with Gasteiger partial charge in [-0.2, -0.15) is 0 Å². The third-order valence-corrected chi connectivity index (χ3v) is 8.39. The number of alkyl halides is 1. The fraction of sp³-hybridized carbons (Fsp3) is 0.192. The number of nitrogens with zero attached hydrogens (tertiary/aromatic N) is 1. The van der Waals surface area contributed by atoms with Crippen LogP contribution < -0.4 is 4.90 Å². The van der Waals surface area contributed by atoms with Crippen LogP contribution in [0.2, 0.25) is 0 Å². The van der Waals surface area contributed by atoms with Crippen molar-refractivity contribution in [3.8, 4) is 0 Å². The van der Waals surface area contributed by atoms with E-state index in [-0.39, 0.29) is 23.5 Å². The molecule has 3 aromatic rings. The molecule has 1 saturated heterocycles. The van der Waals surface area contributed by atoms with Gasteiger partial charge in [0, 0.05) is 11.5 Å². The van der Waals surface area contributed by atoms with Gasteiger partial charge < -0.3 is 0 Å². The molecular weight excluding hydrogens is 454 g/mol. The van der Waals surface area contributed by atoms with E-state index in [4.69, 9.17) is 0 Å². The summed E-state index contributed by atoms with van der Waals surface area (Å²) in [7, 11) is 0.